The lowest BCUT2D eigenvalue weighted by molar-refractivity contribution is -0.138. The van der Waals surface area contributed by atoms with E-state index in [9.17, 15) is 22.8 Å². The molecule has 29 heavy (non-hydrogen) atoms. The van der Waals surface area contributed by atoms with E-state index in [1.807, 2.05) is 0 Å². The predicted octanol–water partition coefficient (Wildman–Crippen LogP) is 3.26. The van der Waals surface area contributed by atoms with E-state index in [-0.39, 0.29) is 47.5 Å². The van der Waals surface area contributed by atoms with Crippen LogP contribution in [0.25, 0.3) is 0 Å². The summed E-state index contributed by atoms with van der Waals surface area (Å²) in [5.41, 5.74) is -0.0416. The van der Waals surface area contributed by atoms with Gasteiger partial charge in [0.25, 0.3) is 5.91 Å². The lowest BCUT2D eigenvalue weighted by Crippen LogP contribution is -2.25. The summed E-state index contributed by atoms with van der Waals surface area (Å²) in [5, 5.41) is 2.55. The van der Waals surface area contributed by atoms with Crippen molar-refractivity contribution in [2.75, 3.05) is 7.11 Å². The first-order chi connectivity index (χ1) is 13.7. The molecule has 6 nitrogen and oxygen atoms in total. The van der Waals surface area contributed by atoms with E-state index < -0.39 is 17.6 Å². The van der Waals surface area contributed by atoms with Crippen molar-refractivity contribution in [3.8, 4) is 5.75 Å². The Kier molecular flexibility index (Phi) is 5.86. The van der Waals surface area contributed by atoms with Crippen molar-refractivity contribution >= 4 is 11.7 Å². The molecule has 9 heteroatoms. The first kappa shape index (κ1) is 20.8. The Morgan fingerprint density at radius 1 is 1.21 bits per heavy atom. The number of hydrogen-bond donors (Lipinski definition) is 1. The van der Waals surface area contributed by atoms with Crippen LogP contribution in [0.2, 0.25) is 0 Å². The van der Waals surface area contributed by atoms with Gasteiger partial charge in [0.05, 0.1) is 19.1 Å². The number of methoxy groups -OCH3 is 1. The number of aromatic nitrogens is 2. The van der Waals surface area contributed by atoms with Crippen molar-refractivity contribution in [1.29, 1.82) is 0 Å². The van der Waals surface area contributed by atoms with Gasteiger partial charge in [-0.3, -0.25) is 9.59 Å². The van der Waals surface area contributed by atoms with E-state index in [1.54, 1.807) is 6.92 Å². The molecule has 0 saturated heterocycles. The Bertz CT molecular complexity index is 940. The average Bonchev–Trinajstić information content (AvgIpc) is 3.50. The van der Waals surface area contributed by atoms with Crippen LogP contribution in [0.1, 0.15) is 46.0 Å². The van der Waals surface area contributed by atoms with E-state index >= 15 is 0 Å². The number of halogens is 3. The van der Waals surface area contributed by atoms with Crippen LogP contribution in [0.4, 0.5) is 13.2 Å². The summed E-state index contributed by atoms with van der Waals surface area (Å²) in [6.07, 6.45) is -2.75. The van der Waals surface area contributed by atoms with Gasteiger partial charge in [0.2, 0.25) is 0 Å². The summed E-state index contributed by atoms with van der Waals surface area (Å²) >= 11 is 0. The summed E-state index contributed by atoms with van der Waals surface area (Å²) in [5.74, 6) is -0.450. The number of carbonyl (C=O) groups is 2. The third-order valence-electron chi connectivity index (χ3n) is 4.52. The third-order valence-corrected chi connectivity index (χ3v) is 4.52. The lowest BCUT2D eigenvalue weighted by atomic mass is 10.1. The largest absolute Gasteiger partial charge is 0.496 e. The van der Waals surface area contributed by atoms with Gasteiger partial charge in [0, 0.05) is 18.2 Å². The molecule has 0 radical (unpaired) electrons. The molecule has 2 aromatic rings. The van der Waals surface area contributed by atoms with E-state index in [1.165, 1.54) is 18.2 Å². The van der Waals surface area contributed by atoms with Crippen LogP contribution >= 0.6 is 0 Å². The van der Waals surface area contributed by atoms with Crippen molar-refractivity contribution in [3.63, 3.8) is 0 Å². The first-order valence-electron chi connectivity index (χ1n) is 9.07. The maximum absolute atomic E-state index is 13.1. The second-order valence-corrected chi connectivity index (χ2v) is 6.94. The molecule has 1 saturated carbocycles. The van der Waals surface area contributed by atoms with Crippen molar-refractivity contribution in [1.82, 2.24) is 15.3 Å². The van der Waals surface area contributed by atoms with E-state index in [0.29, 0.717) is 5.69 Å². The summed E-state index contributed by atoms with van der Waals surface area (Å²) in [4.78, 5) is 32.7. The van der Waals surface area contributed by atoms with E-state index in [4.69, 9.17) is 4.74 Å². The van der Waals surface area contributed by atoms with Crippen LogP contribution in [0.3, 0.4) is 0 Å². The highest BCUT2D eigenvalue weighted by molar-refractivity contribution is 5.92. The Hall–Kier alpha value is -2.97. The van der Waals surface area contributed by atoms with Crippen LogP contribution in [0.5, 0.6) is 5.75 Å². The maximum Gasteiger partial charge on any atom is 0.419 e. The van der Waals surface area contributed by atoms with Crippen molar-refractivity contribution in [3.05, 3.63) is 52.6 Å². The van der Waals surface area contributed by atoms with Crippen molar-refractivity contribution in [2.45, 2.75) is 38.9 Å². The van der Waals surface area contributed by atoms with Crippen LogP contribution < -0.4 is 10.1 Å². The molecule has 0 bridgehead atoms. The molecule has 154 valence electrons. The highest BCUT2D eigenvalue weighted by Crippen LogP contribution is 2.36. The van der Waals surface area contributed by atoms with Gasteiger partial charge in [-0.05, 0) is 43.5 Å². The fraction of sp³-hybridized carbons (Fsp3) is 0.400. The number of aryl methyl sites for hydroxylation is 1. The number of ketones is 1. The molecule has 1 amide bonds. The molecule has 1 aliphatic carbocycles. The summed E-state index contributed by atoms with van der Waals surface area (Å²) in [7, 11) is 1.16. The Morgan fingerprint density at radius 2 is 1.93 bits per heavy atom. The number of rotatable bonds is 7. The van der Waals surface area contributed by atoms with E-state index in [0.717, 1.165) is 26.0 Å². The van der Waals surface area contributed by atoms with Crippen molar-refractivity contribution < 1.29 is 27.5 Å². The van der Waals surface area contributed by atoms with Gasteiger partial charge in [0.15, 0.2) is 0 Å². The highest BCUT2D eigenvalue weighted by Gasteiger charge is 2.34. The van der Waals surface area contributed by atoms with Gasteiger partial charge in [-0.1, -0.05) is 6.07 Å². The maximum atomic E-state index is 13.1. The average molecular weight is 407 g/mol. The molecule has 0 aliphatic heterocycles. The van der Waals surface area contributed by atoms with Crippen molar-refractivity contribution in [2.24, 2.45) is 5.92 Å². The highest BCUT2D eigenvalue weighted by atomic mass is 19.4. The van der Waals surface area contributed by atoms with Crippen LogP contribution in [0.15, 0.2) is 24.3 Å². The number of nitrogens with zero attached hydrogens (tertiary/aromatic N) is 2. The van der Waals surface area contributed by atoms with Gasteiger partial charge in [-0.25, -0.2) is 9.97 Å². The number of Topliss-reactive ketones (excluding diaryl/α,β-unsaturated/α-hetero) is 1. The molecule has 1 heterocycles. The minimum atomic E-state index is -4.57. The summed E-state index contributed by atoms with van der Waals surface area (Å²) < 4.78 is 44.1. The zero-order valence-electron chi connectivity index (χ0n) is 16.0. The quantitative estimate of drug-likeness (QED) is 0.762. The normalized spacial score (nSPS) is 13.8. The zero-order valence-corrected chi connectivity index (χ0v) is 16.0. The molecular formula is C20H20F3N3O3. The van der Waals surface area contributed by atoms with E-state index in [2.05, 4.69) is 15.3 Å². The smallest absolute Gasteiger partial charge is 0.419 e. The number of carbonyl (C=O) groups excluding carboxylic acids is 2. The lowest BCUT2D eigenvalue weighted by Gasteiger charge is -2.14. The standard InChI is InChI=1S/C20H20F3N3O3/c1-11-7-15(26-18(25-11)9-16(27)13-4-5-13)19(28)24-10-12-3-6-17(29-2)14(8-12)20(21,22)23/h3,6-8,13H,4-5,9-10H2,1-2H3,(H,24,28). The molecule has 0 spiro atoms. The summed E-state index contributed by atoms with van der Waals surface area (Å²) in [6.45, 7) is 1.56. The first-order valence-corrected chi connectivity index (χ1v) is 9.07. The summed E-state index contributed by atoms with van der Waals surface area (Å²) in [6, 6.07) is 5.06. The molecule has 1 aliphatic rings. The predicted molar refractivity (Wildman–Crippen MR) is 97.4 cm³/mol. The van der Waals surface area contributed by atoms with Crippen LogP contribution in [-0.2, 0) is 23.9 Å². The monoisotopic (exact) mass is 407 g/mol. The Morgan fingerprint density at radius 3 is 2.55 bits per heavy atom. The number of amides is 1. The topological polar surface area (TPSA) is 81.2 Å². The number of alkyl halides is 3. The van der Waals surface area contributed by atoms with Crippen LogP contribution in [0, 0.1) is 12.8 Å². The molecule has 1 aromatic heterocycles. The second-order valence-electron chi connectivity index (χ2n) is 6.94. The minimum absolute atomic E-state index is 0.0554. The van der Waals surface area contributed by atoms with Gasteiger partial charge in [-0.2, -0.15) is 13.2 Å². The molecule has 0 unspecified atom stereocenters. The molecular weight excluding hydrogens is 387 g/mol. The van der Waals surface area contributed by atoms with Crippen LogP contribution in [-0.4, -0.2) is 28.8 Å². The SMILES string of the molecule is COc1ccc(CNC(=O)c2cc(C)nc(CC(=O)C3CC3)n2)cc1C(F)(F)F. The van der Waals surface area contributed by atoms with Gasteiger partial charge in [-0.15, -0.1) is 0 Å². The van der Waals surface area contributed by atoms with Gasteiger partial charge >= 0.3 is 6.18 Å². The second kappa shape index (κ2) is 8.18. The fourth-order valence-corrected chi connectivity index (χ4v) is 2.89. The molecule has 1 fully saturated rings. The number of nitrogens with one attached hydrogen (secondary N) is 1. The third kappa shape index (κ3) is 5.30. The fourth-order valence-electron chi connectivity index (χ4n) is 2.89. The molecule has 1 aromatic carbocycles. The number of hydrogen-bond acceptors (Lipinski definition) is 5. The minimum Gasteiger partial charge on any atom is -0.496 e. The Balaban J connectivity index is 1.70. The number of ether oxygens (including phenoxy) is 1. The Labute approximate surface area is 165 Å². The number of benzene rings is 1. The molecule has 0 atom stereocenters. The molecule has 3 rings (SSSR count). The molecule has 1 N–H and O–H groups in total. The van der Waals surface area contributed by atoms with Gasteiger partial charge < -0.3 is 10.1 Å². The van der Waals surface area contributed by atoms with Gasteiger partial charge in [0.1, 0.15) is 23.1 Å². The zero-order chi connectivity index (χ0) is 21.2.